The first-order chi connectivity index (χ1) is 10.0. The molecule has 0 amide bonds. The Labute approximate surface area is 124 Å². The smallest absolute Gasteiger partial charge is 0.336 e. The number of carbonyl (C=O) groups is 1. The summed E-state index contributed by atoms with van der Waals surface area (Å²) in [6.07, 6.45) is 1.64. The summed E-state index contributed by atoms with van der Waals surface area (Å²) in [7, 11) is 1.57. The Morgan fingerprint density at radius 2 is 1.81 bits per heavy atom. The lowest BCUT2D eigenvalue weighted by molar-refractivity contribution is -0.130. The number of rotatable bonds is 4. The molecule has 0 spiro atoms. The number of hydrogen-bond acceptors (Lipinski definition) is 2. The van der Waals surface area contributed by atoms with E-state index in [0.29, 0.717) is 11.3 Å². The molecule has 0 atom stereocenters. The molecule has 0 radical (unpaired) electrons. The normalized spacial score (nSPS) is 11.3. The van der Waals surface area contributed by atoms with Gasteiger partial charge in [-0.15, -0.1) is 0 Å². The molecule has 2 aromatic carbocycles. The van der Waals surface area contributed by atoms with Crippen molar-refractivity contribution in [1.29, 1.82) is 0 Å². The first kappa shape index (κ1) is 14.9. The van der Waals surface area contributed by atoms with Crippen LogP contribution in [0.3, 0.4) is 0 Å². The molecule has 21 heavy (non-hydrogen) atoms. The molecule has 0 heterocycles. The van der Waals surface area contributed by atoms with Crippen molar-refractivity contribution in [2.45, 2.75) is 13.8 Å². The number of methoxy groups -OCH3 is 1. The molecule has 2 rings (SSSR count). The highest BCUT2D eigenvalue weighted by Crippen LogP contribution is 2.25. The van der Waals surface area contributed by atoms with Crippen molar-refractivity contribution in [3.8, 4) is 5.75 Å². The number of hydrogen-bond donors (Lipinski definition) is 1. The van der Waals surface area contributed by atoms with Gasteiger partial charge in [0.1, 0.15) is 5.75 Å². The van der Waals surface area contributed by atoms with Crippen LogP contribution in [0.1, 0.15) is 22.3 Å². The predicted octanol–water partition coefficient (Wildman–Crippen LogP) is 3.94. The topological polar surface area (TPSA) is 46.5 Å². The van der Waals surface area contributed by atoms with E-state index in [1.807, 2.05) is 56.3 Å². The molecule has 0 aliphatic rings. The molecule has 0 fully saturated rings. The number of para-hydroxylation sites is 1. The summed E-state index contributed by atoms with van der Waals surface area (Å²) in [5.74, 6) is -0.302. The molecule has 0 saturated heterocycles. The number of benzene rings is 2. The van der Waals surface area contributed by atoms with Crippen LogP contribution in [0.15, 0.2) is 42.5 Å². The van der Waals surface area contributed by atoms with E-state index < -0.39 is 5.97 Å². The zero-order valence-electron chi connectivity index (χ0n) is 12.4. The van der Waals surface area contributed by atoms with Gasteiger partial charge in [0.2, 0.25) is 0 Å². The molecule has 2 aromatic rings. The average Bonchev–Trinajstić information content (AvgIpc) is 2.48. The van der Waals surface area contributed by atoms with Gasteiger partial charge in [-0.2, -0.15) is 0 Å². The minimum atomic E-state index is -0.954. The van der Waals surface area contributed by atoms with Crippen molar-refractivity contribution in [2.24, 2.45) is 0 Å². The number of aliphatic carboxylic acids is 1. The van der Waals surface area contributed by atoms with Gasteiger partial charge in [-0.25, -0.2) is 4.79 Å². The highest BCUT2D eigenvalue weighted by molar-refractivity contribution is 6.20. The summed E-state index contributed by atoms with van der Waals surface area (Å²) in [5, 5.41) is 9.50. The summed E-state index contributed by atoms with van der Waals surface area (Å²) < 4.78 is 5.27. The summed E-state index contributed by atoms with van der Waals surface area (Å²) in [4.78, 5) is 11.6. The van der Waals surface area contributed by atoms with Gasteiger partial charge in [0.25, 0.3) is 0 Å². The van der Waals surface area contributed by atoms with Gasteiger partial charge in [-0.3, -0.25) is 0 Å². The molecule has 3 heteroatoms. The van der Waals surface area contributed by atoms with Crippen molar-refractivity contribution >= 4 is 17.6 Å². The molecule has 0 aliphatic heterocycles. The van der Waals surface area contributed by atoms with Crippen LogP contribution in [0, 0.1) is 13.8 Å². The molecular weight excluding hydrogens is 264 g/mol. The Hall–Kier alpha value is -2.55. The maximum absolute atomic E-state index is 11.6. The molecule has 0 aromatic heterocycles. The van der Waals surface area contributed by atoms with E-state index in [0.717, 1.165) is 16.7 Å². The van der Waals surface area contributed by atoms with E-state index in [4.69, 9.17) is 4.74 Å². The molecular formula is C18H18O3. The van der Waals surface area contributed by atoms with Crippen molar-refractivity contribution in [3.63, 3.8) is 0 Å². The van der Waals surface area contributed by atoms with Gasteiger partial charge in [0.05, 0.1) is 12.7 Å². The van der Waals surface area contributed by atoms with Crippen molar-refractivity contribution in [1.82, 2.24) is 0 Å². The number of ether oxygens (including phenoxy) is 1. The van der Waals surface area contributed by atoms with Gasteiger partial charge >= 0.3 is 5.97 Å². The second-order valence-corrected chi connectivity index (χ2v) is 4.90. The molecule has 0 bridgehead atoms. The summed E-state index contributed by atoms with van der Waals surface area (Å²) in [6.45, 7) is 3.98. The van der Waals surface area contributed by atoms with Crippen molar-refractivity contribution in [2.75, 3.05) is 7.11 Å². The molecule has 108 valence electrons. The second-order valence-electron chi connectivity index (χ2n) is 4.90. The SMILES string of the molecule is COc1ccccc1/C=C(\C(=O)O)c1ccc(C)c(C)c1. The van der Waals surface area contributed by atoms with E-state index in [1.54, 1.807) is 13.2 Å². The third-order valence-corrected chi connectivity index (χ3v) is 3.49. The van der Waals surface area contributed by atoms with Crippen LogP contribution in [0.2, 0.25) is 0 Å². The maximum Gasteiger partial charge on any atom is 0.336 e. The predicted molar refractivity (Wildman–Crippen MR) is 84.4 cm³/mol. The number of carboxylic acids is 1. The van der Waals surface area contributed by atoms with E-state index in [9.17, 15) is 9.90 Å². The Morgan fingerprint density at radius 3 is 2.43 bits per heavy atom. The number of carboxylic acid groups (broad SMARTS) is 1. The van der Waals surface area contributed by atoms with E-state index >= 15 is 0 Å². The molecule has 1 N–H and O–H groups in total. The highest BCUT2D eigenvalue weighted by Gasteiger charge is 2.12. The third kappa shape index (κ3) is 3.31. The first-order valence-electron chi connectivity index (χ1n) is 6.68. The first-order valence-corrected chi connectivity index (χ1v) is 6.68. The Balaban J connectivity index is 2.55. The fraction of sp³-hybridized carbons (Fsp3) is 0.167. The van der Waals surface area contributed by atoms with Gasteiger partial charge in [0.15, 0.2) is 0 Å². The lowest BCUT2D eigenvalue weighted by Gasteiger charge is -2.08. The van der Waals surface area contributed by atoms with Crippen LogP contribution < -0.4 is 4.74 Å². The van der Waals surface area contributed by atoms with Crippen LogP contribution >= 0.6 is 0 Å². The lowest BCUT2D eigenvalue weighted by Crippen LogP contribution is -2.01. The highest BCUT2D eigenvalue weighted by atomic mass is 16.5. The fourth-order valence-electron chi connectivity index (χ4n) is 2.12. The molecule has 3 nitrogen and oxygen atoms in total. The zero-order valence-corrected chi connectivity index (χ0v) is 12.4. The quantitative estimate of drug-likeness (QED) is 0.682. The molecule has 0 unspecified atom stereocenters. The van der Waals surface area contributed by atoms with Gasteiger partial charge < -0.3 is 9.84 Å². The van der Waals surface area contributed by atoms with Gasteiger partial charge in [-0.1, -0.05) is 36.4 Å². The summed E-state index contributed by atoms with van der Waals surface area (Å²) in [6, 6.07) is 13.0. The Morgan fingerprint density at radius 1 is 1.10 bits per heavy atom. The summed E-state index contributed by atoms with van der Waals surface area (Å²) >= 11 is 0. The van der Waals surface area contributed by atoms with E-state index in [1.165, 1.54) is 0 Å². The standard InChI is InChI=1S/C18H18O3/c1-12-8-9-14(10-13(12)2)16(18(19)20)11-15-6-4-5-7-17(15)21-3/h4-11H,1-3H3,(H,19,20)/b16-11-. The lowest BCUT2D eigenvalue weighted by atomic mass is 9.98. The van der Waals surface area contributed by atoms with E-state index in [-0.39, 0.29) is 5.57 Å². The van der Waals surface area contributed by atoms with Crippen LogP contribution in [-0.2, 0) is 4.79 Å². The minimum Gasteiger partial charge on any atom is -0.496 e. The Kier molecular flexibility index (Phi) is 4.43. The molecule has 0 saturated carbocycles. The van der Waals surface area contributed by atoms with Crippen molar-refractivity contribution in [3.05, 3.63) is 64.7 Å². The third-order valence-electron chi connectivity index (χ3n) is 3.49. The van der Waals surface area contributed by atoms with Crippen LogP contribution in [-0.4, -0.2) is 18.2 Å². The van der Waals surface area contributed by atoms with Crippen LogP contribution in [0.5, 0.6) is 5.75 Å². The van der Waals surface area contributed by atoms with Crippen LogP contribution in [0.4, 0.5) is 0 Å². The van der Waals surface area contributed by atoms with Crippen molar-refractivity contribution < 1.29 is 14.6 Å². The molecule has 0 aliphatic carbocycles. The Bertz CT molecular complexity index is 699. The average molecular weight is 282 g/mol. The second kappa shape index (κ2) is 6.27. The fourth-order valence-corrected chi connectivity index (χ4v) is 2.12. The van der Waals surface area contributed by atoms with Gasteiger partial charge in [0, 0.05) is 5.56 Å². The van der Waals surface area contributed by atoms with Crippen LogP contribution in [0.25, 0.3) is 11.6 Å². The monoisotopic (exact) mass is 282 g/mol. The number of aryl methyl sites for hydroxylation is 2. The zero-order chi connectivity index (χ0) is 15.4. The van der Waals surface area contributed by atoms with E-state index in [2.05, 4.69) is 0 Å². The largest absolute Gasteiger partial charge is 0.496 e. The summed E-state index contributed by atoms with van der Waals surface area (Å²) in [5.41, 5.74) is 3.90. The minimum absolute atomic E-state index is 0.252. The van der Waals surface area contributed by atoms with Gasteiger partial charge in [-0.05, 0) is 42.7 Å². The maximum atomic E-state index is 11.6.